The minimum atomic E-state index is -0.430. The fraction of sp³-hybridized carbons (Fsp3) is 0.500. The zero-order valence-corrected chi connectivity index (χ0v) is 13.4. The molecule has 2 heterocycles. The van der Waals surface area contributed by atoms with Gasteiger partial charge in [0.25, 0.3) is 0 Å². The molecule has 3 rings (SSSR count). The van der Waals surface area contributed by atoms with Gasteiger partial charge in [0.05, 0.1) is 17.1 Å². The molecule has 21 heavy (non-hydrogen) atoms. The van der Waals surface area contributed by atoms with E-state index in [1.807, 2.05) is 46.9 Å². The van der Waals surface area contributed by atoms with Crippen molar-refractivity contribution in [3.63, 3.8) is 0 Å². The number of fused-ring (bicyclic) bond motifs is 1. The Balaban J connectivity index is 1.97. The summed E-state index contributed by atoms with van der Waals surface area (Å²) < 4.78 is 14.3. The smallest absolute Gasteiger partial charge is 0.402 e. The van der Waals surface area contributed by atoms with Crippen LogP contribution in [0.25, 0.3) is 10.9 Å². The van der Waals surface area contributed by atoms with Gasteiger partial charge in [-0.15, -0.1) is 0 Å². The predicted molar refractivity (Wildman–Crippen MR) is 85.9 cm³/mol. The molecule has 0 bridgehead atoms. The maximum atomic E-state index is 6.46. The highest BCUT2D eigenvalue weighted by molar-refractivity contribution is 6.47. The standard InChI is InChI=1S/C16H23BN2O2/c1-15(2)16(3,4)21-17(20-15)14(18)12-10-19(5)13-9-7-6-8-11(12)13/h6-10,14H,18H2,1-5H3/t14-/m1/s1. The summed E-state index contributed by atoms with van der Waals surface area (Å²) in [6.07, 6.45) is 2.07. The third-order valence-electron chi connectivity index (χ3n) is 4.85. The molecule has 0 saturated carbocycles. The lowest BCUT2D eigenvalue weighted by atomic mass is 9.75. The van der Waals surface area contributed by atoms with E-state index in [-0.39, 0.29) is 17.1 Å². The molecule has 1 aromatic carbocycles. The zero-order chi connectivity index (χ0) is 15.4. The van der Waals surface area contributed by atoms with E-state index in [1.54, 1.807) is 0 Å². The highest BCUT2D eigenvalue weighted by Gasteiger charge is 2.53. The molecule has 2 N–H and O–H groups in total. The van der Waals surface area contributed by atoms with Gasteiger partial charge >= 0.3 is 7.12 Å². The summed E-state index contributed by atoms with van der Waals surface area (Å²) in [4.78, 5) is 0. The number of nitrogens with zero attached hydrogens (tertiary/aromatic N) is 1. The lowest BCUT2D eigenvalue weighted by Gasteiger charge is -2.32. The number of hydrogen-bond donors (Lipinski definition) is 1. The van der Waals surface area contributed by atoms with E-state index >= 15 is 0 Å². The fourth-order valence-corrected chi connectivity index (χ4v) is 2.82. The number of rotatable bonds is 2. The Bertz CT molecular complexity index is 662. The summed E-state index contributed by atoms with van der Waals surface area (Å²) in [6, 6.07) is 8.25. The van der Waals surface area contributed by atoms with Gasteiger partial charge in [0.1, 0.15) is 0 Å². The van der Waals surface area contributed by atoms with Crippen LogP contribution in [-0.2, 0) is 16.4 Å². The van der Waals surface area contributed by atoms with Gasteiger partial charge in [-0.1, -0.05) is 18.2 Å². The first kappa shape index (κ1) is 14.6. The van der Waals surface area contributed by atoms with Crippen LogP contribution in [0.5, 0.6) is 0 Å². The number of benzene rings is 1. The van der Waals surface area contributed by atoms with E-state index in [9.17, 15) is 0 Å². The number of aryl methyl sites for hydroxylation is 1. The molecular weight excluding hydrogens is 263 g/mol. The van der Waals surface area contributed by atoms with E-state index in [1.165, 1.54) is 5.52 Å². The van der Waals surface area contributed by atoms with E-state index in [4.69, 9.17) is 15.0 Å². The van der Waals surface area contributed by atoms with E-state index in [0.717, 1.165) is 10.9 Å². The molecule has 0 aliphatic carbocycles. The van der Waals surface area contributed by atoms with Crippen LogP contribution >= 0.6 is 0 Å². The first-order chi connectivity index (χ1) is 9.73. The van der Waals surface area contributed by atoms with E-state index in [0.29, 0.717) is 0 Å². The number of nitrogens with two attached hydrogens (primary N) is 1. The van der Waals surface area contributed by atoms with Crippen molar-refractivity contribution in [1.29, 1.82) is 0 Å². The Hall–Kier alpha value is -1.30. The van der Waals surface area contributed by atoms with Gasteiger partial charge in [0.2, 0.25) is 0 Å². The second-order valence-electron chi connectivity index (χ2n) is 6.86. The van der Waals surface area contributed by atoms with Crippen LogP contribution in [0, 0.1) is 0 Å². The monoisotopic (exact) mass is 286 g/mol. The van der Waals surface area contributed by atoms with Gasteiger partial charge in [-0.25, -0.2) is 0 Å². The van der Waals surface area contributed by atoms with E-state index < -0.39 is 7.12 Å². The summed E-state index contributed by atoms with van der Waals surface area (Å²) in [6.45, 7) is 8.18. The Morgan fingerprint density at radius 2 is 1.67 bits per heavy atom. The summed E-state index contributed by atoms with van der Waals surface area (Å²) >= 11 is 0. The second kappa shape index (κ2) is 4.60. The van der Waals surface area contributed by atoms with Crippen LogP contribution in [0.2, 0.25) is 0 Å². The molecule has 0 spiro atoms. The highest BCUT2D eigenvalue weighted by atomic mass is 16.7. The van der Waals surface area contributed by atoms with Gasteiger partial charge in [0, 0.05) is 24.1 Å². The average molecular weight is 286 g/mol. The topological polar surface area (TPSA) is 49.4 Å². The molecule has 1 aromatic heterocycles. The summed E-state index contributed by atoms with van der Waals surface area (Å²) in [5.74, 6) is -0.308. The predicted octanol–water partition coefficient (Wildman–Crippen LogP) is 2.81. The molecule has 5 heteroatoms. The second-order valence-corrected chi connectivity index (χ2v) is 6.86. The van der Waals surface area contributed by atoms with Crippen LogP contribution in [0.3, 0.4) is 0 Å². The van der Waals surface area contributed by atoms with Crippen LogP contribution in [0.1, 0.15) is 39.2 Å². The summed E-state index contributed by atoms with van der Waals surface area (Å²) in [7, 11) is 1.60. The van der Waals surface area contributed by atoms with Crippen LogP contribution in [0.4, 0.5) is 0 Å². The number of hydrogen-bond acceptors (Lipinski definition) is 3. The molecule has 0 amide bonds. The Morgan fingerprint density at radius 1 is 1.10 bits per heavy atom. The molecule has 0 unspecified atom stereocenters. The number of para-hydroxylation sites is 1. The largest absolute Gasteiger partial charge is 0.480 e. The van der Waals surface area contributed by atoms with Crippen molar-refractivity contribution in [2.45, 2.75) is 44.8 Å². The summed E-state index contributed by atoms with van der Waals surface area (Å²) in [5.41, 5.74) is 7.96. The third-order valence-corrected chi connectivity index (χ3v) is 4.85. The van der Waals surface area contributed by atoms with Crippen LogP contribution in [-0.4, -0.2) is 22.9 Å². The maximum absolute atomic E-state index is 6.46. The van der Waals surface area contributed by atoms with Gasteiger partial charge in [-0.2, -0.15) is 0 Å². The van der Waals surface area contributed by atoms with Gasteiger partial charge < -0.3 is 19.6 Å². The average Bonchev–Trinajstić information content (AvgIpc) is 2.85. The molecule has 112 valence electrons. The van der Waals surface area contributed by atoms with E-state index in [2.05, 4.69) is 22.9 Å². The Labute approximate surface area is 126 Å². The first-order valence-electron chi connectivity index (χ1n) is 7.38. The van der Waals surface area contributed by atoms with Crippen molar-refractivity contribution in [3.05, 3.63) is 36.0 Å². The van der Waals surface area contributed by atoms with Crippen molar-refractivity contribution in [2.24, 2.45) is 12.8 Å². The van der Waals surface area contributed by atoms with Crippen molar-refractivity contribution in [1.82, 2.24) is 4.57 Å². The van der Waals surface area contributed by atoms with Crippen LogP contribution < -0.4 is 5.73 Å². The minimum absolute atomic E-state index is 0.308. The lowest BCUT2D eigenvalue weighted by Crippen LogP contribution is -2.41. The normalized spacial score (nSPS) is 21.9. The Morgan fingerprint density at radius 3 is 2.29 bits per heavy atom. The van der Waals surface area contributed by atoms with Crippen molar-refractivity contribution in [2.75, 3.05) is 0 Å². The van der Waals surface area contributed by atoms with Crippen molar-refractivity contribution < 1.29 is 9.31 Å². The first-order valence-corrected chi connectivity index (χ1v) is 7.38. The van der Waals surface area contributed by atoms with Crippen LogP contribution in [0.15, 0.2) is 30.5 Å². The molecule has 4 nitrogen and oxygen atoms in total. The van der Waals surface area contributed by atoms with Gasteiger partial charge in [0.15, 0.2) is 0 Å². The van der Waals surface area contributed by atoms with Crippen molar-refractivity contribution >= 4 is 18.0 Å². The maximum Gasteiger partial charge on any atom is 0.480 e. The fourth-order valence-electron chi connectivity index (χ4n) is 2.82. The van der Waals surface area contributed by atoms with Crippen molar-refractivity contribution in [3.8, 4) is 0 Å². The minimum Gasteiger partial charge on any atom is -0.402 e. The number of aromatic nitrogens is 1. The highest BCUT2D eigenvalue weighted by Crippen LogP contribution is 2.40. The summed E-state index contributed by atoms with van der Waals surface area (Å²) in [5, 5.41) is 1.15. The molecular formula is C16H23BN2O2. The molecule has 1 aliphatic heterocycles. The van der Waals surface area contributed by atoms with Gasteiger partial charge in [-0.05, 0) is 39.3 Å². The molecule has 0 radical (unpaired) electrons. The third kappa shape index (κ3) is 2.20. The molecule has 1 aliphatic rings. The SMILES string of the molecule is Cn1cc([C@@H](N)B2OC(C)(C)C(C)(C)O2)c2ccccc21. The quantitative estimate of drug-likeness (QED) is 0.864. The molecule has 1 fully saturated rings. The molecule has 2 aromatic rings. The lowest BCUT2D eigenvalue weighted by molar-refractivity contribution is 0.00578. The van der Waals surface area contributed by atoms with Gasteiger partial charge in [-0.3, -0.25) is 0 Å². The molecule has 1 saturated heterocycles. The molecule has 1 atom stereocenters. The zero-order valence-electron chi connectivity index (χ0n) is 13.4. The Kier molecular flexibility index (Phi) is 3.21.